The van der Waals surface area contributed by atoms with Crippen LogP contribution in [0.2, 0.25) is 0 Å². The fraction of sp³-hybridized carbons (Fsp3) is 0.154. The number of carbonyl (C=O) groups excluding carboxylic acids is 1. The third kappa shape index (κ3) is 4.63. The first-order valence-corrected chi connectivity index (χ1v) is 10.6. The third-order valence-corrected chi connectivity index (χ3v) is 5.43. The van der Waals surface area contributed by atoms with E-state index in [-0.39, 0.29) is 24.7 Å². The Labute approximate surface area is 195 Å². The van der Waals surface area contributed by atoms with Gasteiger partial charge in [0.2, 0.25) is 0 Å². The van der Waals surface area contributed by atoms with Gasteiger partial charge in [-0.2, -0.15) is 0 Å². The number of furan rings is 1. The average molecular weight is 460 g/mol. The Morgan fingerprint density at radius 1 is 1.15 bits per heavy atom. The van der Waals surface area contributed by atoms with E-state index in [1.54, 1.807) is 54.7 Å². The SMILES string of the molecule is COc1cc(C=CC(=O)c2cccc(-n3cc(-c4ccc(C)o4)[nH]c3=O)c2)cc(CO)c1CO. The number of rotatable bonds is 8. The van der Waals surface area contributed by atoms with Gasteiger partial charge in [0.25, 0.3) is 0 Å². The standard InChI is InChI=1S/C26H24N2O6/c1-16-6-9-24(34-16)22-13-28(26(32)27-22)20-5-3-4-18(12-20)23(31)8-7-17-10-19(14-29)21(15-30)25(11-17)33-2/h3-13,29-30H,14-15H2,1-2H3,(H,27,32). The number of allylic oxidation sites excluding steroid dienone is 1. The maximum absolute atomic E-state index is 12.8. The maximum Gasteiger partial charge on any atom is 0.330 e. The van der Waals surface area contributed by atoms with Crippen LogP contribution in [0.1, 0.15) is 32.8 Å². The molecule has 0 atom stereocenters. The van der Waals surface area contributed by atoms with Crippen molar-refractivity contribution in [2.75, 3.05) is 7.11 Å². The Hall–Kier alpha value is -4.14. The van der Waals surface area contributed by atoms with E-state index in [0.29, 0.717) is 45.1 Å². The zero-order chi connectivity index (χ0) is 24.2. The van der Waals surface area contributed by atoms with Crippen molar-refractivity contribution in [3.63, 3.8) is 0 Å². The quantitative estimate of drug-likeness (QED) is 0.273. The van der Waals surface area contributed by atoms with Crippen LogP contribution in [0.4, 0.5) is 0 Å². The molecule has 3 N–H and O–H groups in total. The number of aliphatic hydroxyl groups is 2. The molecule has 0 aliphatic heterocycles. The summed E-state index contributed by atoms with van der Waals surface area (Å²) in [4.78, 5) is 28.1. The largest absolute Gasteiger partial charge is 0.496 e. The molecule has 34 heavy (non-hydrogen) atoms. The van der Waals surface area contributed by atoms with E-state index >= 15 is 0 Å². The summed E-state index contributed by atoms with van der Waals surface area (Å²) >= 11 is 0. The molecule has 0 radical (unpaired) electrons. The van der Waals surface area contributed by atoms with Gasteiger partial charge in [0.05, 0.1) is 26.0 Å². The lowest BCUT2D eigenvalue weighted by atomic mass is 10.0. The Morgan fingerprint density at radius 2 is 1.97 bits per heavy atom. The summed E-state index contributed by atoms with van der Waals surface area (Å²) in [6.45, 7) is 1.28. The van der Waals surface area contributed by atoms with Crippen LogP contribution in [0.3, 0.4) is 0 Å². The predicted octanol–water partition coefficient (Wildman–Crippen LogP) is 3.62. The number of ketones is 1. The number of benzene rings is 2. The lowest BCUT2D eigenvalue weighted by molar-refractivity contribution is 0.104. The molecule has 8 heteroatoms. The normalized spacial score (nSPS) is 11.3. The second-order valence-electron chi connectivity index (χ2n) is 7.68. The molecule has 0 spiro atoms. The molecule has 2 aromatic carbocycles. The minimum absolute atomic E-state index is 0.261. The van der Waals surface area contributed by atoms with E-state index < -0.39 is 0 Å². The van der Waals surface area contributed by atoms with Crippen LogP contribution in [-0.4, -0.2) is 32.7 Å². The van der Waals surface area contributed by atoms with Gasteiger partial charge in [-0.3, -0.25) is 9.36 Å². The number of aromatic amines is 1. The molecule has 174 valence electrons. The Morgan fingerprint density at radius 3 is 2.65 bits per heavy atom. The van der Waals surface area contributed by atoms with Crippen molar-refractivity contribution < 1.29 is 24.2 Å². The minimum Gasteiger partial charge on any atom is -0.496 e. The number of carbonyl (C=O) groups is 1. The second-order valence-corrected chi connectivity index (χ2v) is 7.68. The maximum atomic E-state index is 12.8. The Balaban J connectivity index is 1.60. The molecule has 0 aliphatic carbocycles. The zero-order valence-electron chi connectivity index (χ0n) is 18.7. The van der Waals surface area contributed by atoms with Gasteiger partial charge in [0, 0.05) is 17.3 Å². The number of imidazole rings is 1. The fourth-order valence-electron chi connectivity index (χ4n) is 3.69. The van der Waals surface area contributed by atoms with Crippen LogP contribution >= 0.6 is 0 Å². The first kappa shape index (κ1) is 23.0. The molecule has 2 heterocycles. The molecule has 2 aromatic heterocycles. The van der Waals surface area contributed by atoms with Crippen molar-refractivity contribution in [1.29, 1.82) is 0 Å². The molecule has 0 saturated carbocycles. The molecular weight excluding hydrogens is 436 g/mol. The van der Waals surface area contributed by atoms with Crippen LogP contribution < -0.4 is 10.4 Å². The van der Waals surface area contributed by atoms with Crippen molar-refractivity contribution in [2.45, 2.75) is 20.1 Å². The number of hydrogen-bond donors (Lipinski definition) is 3. The van der Waals surface area contributed by atoms with Gasteiger partial charge in [-0.05, 0) is 60.5 Å². The summed E-state index contributed by atoms with van der Waals surface area (Å²) in [5.74, 6) is 1.45. The van der Waals surface area contributed by atoms with Gasteiger partial charge in [0.1, 0.15) is 17.2 Å². The van der Waals surface area contributed by atoms with E-state index in [1.165, 1.54) is 17.8 Å². The summed E-state index contributed by atoms with van der Waals surface area (Å²) in [5, 5.41) is 19.1. The molecule has 4 aromatic rings. The number of aryl methyl sites for hydroxylation is 1. The van der Waals surface area contributed by atoms with Crippen molar-refractivity contribution >= 4 is 11.9 Å². The topological polar surface area (TPSA) is 118 Å². The highest BCUT2D eigenvalue weighted by Crippen LogP contribution is 2.26. The monoisotopic (exact) mass is 460 g/mol. The van der Waals surface area contributed by atoms with E-state index in [9.17, 15) is 19.8 Å². The number of methoxy groups -OCH3 is 1. The van der Waals surface area contributed by atoms with Gasteiger partial charge in [0.15, 0.2) is 11.5 Å². The number of hydrogen-bond acceptors (Lipinski definition) is 6. The summed E-state index contributed by atoms with van der Waals surface area (Å²) in [6.07, 6.45) is 4.65. The van der Waals surface area contributed by atoms with Crippen LogP contribution in [0.25, 0.3) is 23.2 Å². The highest BCUT2D eigenvalue weighted by Gasteiger charge is 2.12. The number of aromatic nitrogens is 2. The van der Waals surface area contributed by atoms with Gasteiger partial charge in [-0.25, -0.2) is 4.79 Å². The number of aliphatic hydroxyl groups excluding tert-OH is 2. The number of nitrogens with one attached hydrogen (secondary N) is 1. The molecule has 0 amide bonds. The highest BCUT2D eigenvalue weighted by atomic mass is 16.5. The number of nitrogens with zero attached hydrogens (tertiary/aromatic N) is 1. The molecule has 0 aliphatic rings. The van der Waals surface area contributed by atoms with Gasteiger partial charge >= 0.3 is 5.69 Å². The summed E-state index contributed by atoms with van der Waals surface area (Å²) < 4.78 is 12.3. The molecule has 0 bridgehead atoms. The number of ether oxygens (including phenoxy) is 1. The lowest BCUT2D eigenvalue weighted by Crippen LogP contribution is -2.14. The zero-order valence-corrected chi connectivity index (χ0v) is 18.7. The summed E-state index contributed by atoms with van der Waals surface area (Å²) in [5.41, 5.74) is 2.78. The molecule has 0 saturated heterocycles. The Bertz CT molecular complexity index is 1400. The summed E-state index contributed by atoms with van der Waals surface area (Å²) in [6, 6.07) is 13.7. The molecule has 8 nitrogen and oxygen atoms in total. The van der Waals surface area contributed by atoms with E-state index in [2.05, 4.69) is 4.98 Å². The highest BCUT2D eigenvalue weighted by molar-refractivity contribution is 6.07. The van der Waals surface area contributed by atoms with Gasteiger partial charge in [-0.15, -0.1) is 0 Å². The molecule has 0 unspecified atom stereocenters. The van der Waals surface area contributed by atoms with E-state index in [4.69, 9.17) is 9.15 Å². The van der Waals surface area contributed by atoms with Gasteiger partial charge < -0.3 is 24.4 Å². The molecule has 0 fully saturated rings. The second kappa shape index (κ2) is 9.78. The van der Waals surface area contributed by atoms with Crippen molar-refractivity contribution in [3.8, 4) is 22.9 Å². The van der Waals surface area contributed by atoms with Crippen LogP contribution in [0.5, 0.6) is 5.75 Å². The van der Waals surface area contributed by atoms with E-state index in [0.717, 1.165) is 5.76 Å². The number of H-pyrrole nitrogens is 1. The van der Waals surface area contributed by atoms with Crippen LogP contribution in [0, 0.1) is 6.92 Å². The first-order chi connectivity index (χ1) is 16.4. The van der Waals surface area contributed by atoms with Crippen molar-refractivity contribution in [3.05, 3.63) is 99.3 Å². The fourth-order valence-corrected chi connectivity index (χ4v) is 3.69. The third-order valence-electron chi connectivity index (χ3n) is 5.43. The van der Waals surface area contributed by atoms with Crippen LogP contribution in [0.15, 0.2) is 70.0 Å². The first-order valence-electron chi connectivity index (χ1n) is 10.6. The summed E-state index contributed by atoms with van der Waals surface area (Å²) in [7, 11) is 1.47. The lowest BCUT2D eigenvalue weighted by Gasteiger charge is -2.12. The average Bonchev–Trinajstić information content (AvgIpc) is 3.47. The molecular formula is C26H24N2O6. The van der Waals surface area contributed by atoms with Crippen molar-refractivity contribution in [1.82, 2.24) is 9.55 Å². The van der Waals surface area contributed by atoms with Crippen molar-refractivity contribution in [2.24, 2.45) is 0 Å². The minimum atomic E-state index is -0.350. The molecule has 4 rings (SSSR count). The van der Waals surface area contributed by atoms with Gasteiger partial charge in [-0.1, -0.05) is 18.2 Å². The van der Waals surface area contributed by atoms with E-state index in [1.807, 2.05) is 13.0 Å². The Kier molecular flexibility index (Phi) is 6.62. The predicted molar refractivity (Wildman–Crippen MR) is 127 cm³/mol. The smallest absolute Gasteiger partial charge is 0.330 e. The van der Waals surface area contributed by atoms with Crippen LogP contribution in [-0.2, 0) is 13.2 Å².